The number of hydrazine groups is 1. The molecule has 4 nitrogen and oxygen atoms in total. The molecule has 1 aromatic heterocycles. The molecular formula is C8H15BrN4. The molecule has 3 N–H and O–H groups in total. The molecule has 0 amide bonds. The van der Waals surface area contributed by atoms with E-state index in [4.69, 9.17) is 5.84 Å². The Bertz CT molecular complexity index is 295. The Labute approximate surface area is 86.6 Å². The van der Waals surface area contributed by atoms with E-state index in [0.717, 1.165) is 16.6 Å². The lowest BCUT2D eigenvalue weighted by atomic mass is 10.2. The average Bonchev–Trinajstić information content (AvgIpc) is 2.32. The molecule has 0 saturated carbocycles. The normalized spacial score (nSPS) is 13.3. The van der Waals surface area contributed by atoms with E-state index < -0.39 is 0 Å². The first-order valence-corrected chi connectivity index (χ1v) is 4.99. The minimum atomic E-state index is 0.256. The molecule has 1 aromatic rings. The van der Waals surface area contributed by atoms with Crippen LogP contribution in [0.4, 0.5) is 0 Å². The van der Waals surface area contributed by atoms with Gasteiger partial charge in [-0.3, -0.25) is 16.0 Å². The molecule has 0 aromatic carbocycles. The van der Waals surface area contributed by atoms with Crippen molar-refractivity contribution in [3.05, 3.63) is 15.9 Å². The van der Waals surface area contributed by atoms with Crippen molar-refractivity contribution in [3.8, 4) is 0 Å². The van der Waals surface area contributed by atoms with Gasteiger partial charge in [0.25, 0.3) is 0 Å². The van der Waals surface area contributed by atoms with Gasteiger partial charge in [-0.05, 0) is 29.8 Å². The van der Waals surface area contributed by atoms with E-state index in [0.29, 0.717) is 0 Å². The Morgan fingerprint density at radius 3 is 2.69 bits per heavy atom. The van der Waals surface area contributed by atoms with Gasteiger partial charge in [0.05, 0.1) is 15.9 Å². The summed E-state index contributed by atoms with van der Waals surface area (Å²) in [7, 11) is 1.94. The fourth-order valence-corrected chi connectivity index (χ4v) is 1.75. The maximum Gasteiger partial charge on any atom is 0.0738 e. The Kier molecular flexibility index (Phi) is 3.47. The van der Waals surface area contributed by atoms with Crippen LogP contribution in [0.5, 0.6) is 0 Å². The minimum Gasteiger partial charge on any atom is -0.271 e. The number of rotatable bonds is 3. The van der Waals surface area contributed by atoms with Crippen LogP contribution in [-0.2, 0) is 13.5 Å². The van der Waals surface area contributed by atoms with Gasteiger partial charge in [0.15, 0.2) is 0 Å². The molecule has 0 aliphatic heterocycles. The van der Waals surface area contributed by atoms with Gasteiger partial charge in [0.2, 0.25) is 0 Å². The second-order valence-electron chi connectivity index (χ2n) is 3.24. The molecule has 1 rings (SSSR count). The molecule has 1 unspecified atom stereocenters. The zero-order valence-electron chi connectivity index (χ0n) is 8.13. The molecular weight excluding hydrogens is 232 g/mol. The van der Waals surface area contributed by atoms with Crippen LogP contribution in [0.15, 0.2) is 4.47 Å². The van der Waals surface area contributed by atoms with Crippen LogP contribution in [0.3, 0.4) is 0 Å². The number of nitrogens with two attached hydrogens (primary N) is 1. The SMILES string of the molecule is Cc1nn(C)c(CC(C)NN)c1Br. The van der Waals surface area contributed by atoms with E-state index in [-0.39, 0.29) is 6.04 Å². The lowest BCUT2D eigenvalue weighted by Crippen LogP contribution is -2.34. The maximum absolute atomic E-state index is 5.33. The summed E-state index contributed by atoms with van der Waals surface area (Å²) in [4.78, 5) is 0. The molecule has 1 heterocycles. The summed E-state index contributed by atoms with van der Waals surface area (Å²) in [5.74, 6) is 5.33. The number of aryl methyl sites for hydroxylation is 2. The maximum atomic E-state index is 5.33. The zero-order valence-corrected chi connectivity index (χ0v) is 9.72. The van der Waals surface area contributed by atoms with Crippen LogP contribution in [0, 0.1) is 6.92 Å². The second kappa shape index (κ2) is 4.21. The molecule has 0 aliphatic rings. The highest BCUT2D eigenvalue weighted by molar-refractivity contribution is 9.10. The Morgan fingerprint density at radius 1 is 1.69 bits per heavy atom. The van der Waals surface area contributed by atoms with Crippen molar-refractivity contribution >= 4 is 15.9 Å². The summed E-state index contributed by atoms with van der Waals surface area (Å²) in [5.41, 5.74) is 4.90. The first-order chi connectivity index (χ1) is 6.06. The van der Waals surface area contributed by atoms with Crippen LogP contribution in [-0.4, -0.2) is 15.8 Å². The molecule has 13 heavy (non-hydrogen) atoms. The van der Waals surface area contributed by atoms with E-state index >= 15 is 0 Å². The standard InChI is InChI=1S/C8H15BrN4/c1-5(11-10)4-7-8(9)6(2)12-13(7)3/h5,11H,4,10H2,1-3H3. The summed E-state index contributed by atoms with van der Waals surface area (Å²) in [6.07, 6.45) is 0.869. The number of hydrogen-bond donors (Lipinski definition) is 2. The van der Waals surface area contributed by atoms with E-state index in [2.05, 4.69) is 26.5 Å². The van der Waals surface area contributed by atoms with Gasteiger partial charge in [-0.1, -0.05) is 0 Å². The molecule has 0 radical (unpaired) electrons. The van der Waals surface area contributed by atoms with Crippen molar-refractivity contribution in [2.75, 3.05) is 0 Å². The van der Waals surface area contributed by atoms with Crippen LogP contribution in [0.2, 0.25) is 0 Å². The summed E-state index contributed by atoms with van der Waals surface area (Å²) < 4.78 is 2.96. The average molecular weight is 247 g/mol. The lowest BCUT2D eigenvalue weighted by molar-refractivity contribution is 0.543. The van der Waals surface area contributed by atoms with Crippen molar-refractivity contribution in [1.82, 2.24) is 15.2 Å². The van der Waals surface area contributed by atoms with E-state index in [9.17, 15) is 0 Å². The van der Waals surface area contributed by atoms with Crippen LogP contribution < -0.4 is 11.3 Å². The minimum absolute atomic E-state index is 0.256. The van der Waals surface area contributed by atoms with Crippen molar-refractivity contribution < 1.29 is 0 Å². The van der Waals surface area contributed by atoms with E-state index in [1.807, 2.05) is 25.6 Å². The fraction of sp³-hybridized carbons (Fsp3) is 0.625. The highest BCUT2D eigenvalue weighted by atomic mass is 79.9. The summed E-state index contributed by atoms with van der Waals surface area (Å²) in [6, 6.07) is 0.256. The van der Waals surface area contributed by atoms with Crippen molar-refractivity contribution in [3.63, 3.8) is 0 Å². The Hall–Kier alpha value is -0.390. The van der Waals surface area contributed by atoms with Crippen molar-refractivity contribution in [2.24, 2.45) is 12.9 Å². The Balaban J connectivity index is 2.87. The zero-order chi connectivity index (χ0) is 10.0. The first kappa shape index (κ1) is 10.7. The third-order valence-electron chi connectivity index (χ3n) is 2.05. The molecule has 0 bridgehead atoms. The van der Waals surface area contributed by atoms with Gasteiger partial charge in [-0.2, -0.15) is 5.10 Å². The molecule has 1 atom stereocenters. The quantitative estimate of drug-likeness (QED) is 0.616. The summed E-state index contributed by atoms with van der Waals surface area (Å²) >= 11 is 3.51. The number of halogens is 1. The largest absolute Gasteiger partial charge is 0.271 e. The van der Waals surface area contributed by atoms with Gasteiger partial charge >= 0.3 is 0 Å². The fourth-order valence-electron chi connectivity index (χ4n) is 1.25. The number of aromatic nitrogens is 2. The number of nitrogens with one attached hydrogen (secondary N) is 1. The predicted molar refractivity (Wildman–Crippen MR) is 56.1 cm³/mol. The summed E-state index contributed by atoms with van der Waals surface area (Å²) in [6.45, 7) is 4.02. The molecule has 0 spiro atoms. The van der Waals surface area contributed by atoms with Gasteiger partial charge < -0.3 is 0 Å². The highest BCUT2D eigenvalue weighted by Gasteiger charge is 2.12. The van der Waals surface area contributed by atoms with Crippen LogP contribution in [0.25, 0.3) is 0 Å². The summed E-state index contributed by atoms with van der Waals surface area (Å²) in [5, 5.41) is 4.30. The van der Waals surface area contributed by atoms with E-state index in [1.54, 1.807) is 0 Å². The van der Waals surface area contributed by atoms with Crippen molar-refractivity contribution in [2.45, 2.75) is 26.3 Å². The number of hydrogen-bond acceptors (Lipinski definition) is 3. The predicted octanol–water partition coefficient (Wildman–Crippen LogP) is 0.885. The first-order valence-electron chi connectivity index (χ1n) is 4.20. The monoisotopic (exact) mass is 246 g/mol. The molecule has 5 heteroatoms. The van der Waals surface area contributed by atoms with Crippen LogP contribution >= 0.6 is 15.9 Å². The van der Waals surface area contributed by atoms with Crippen molar-refractivity contribution in [1.29, 1.82) is 0 Å². The Morgan fingerprint density at radius 2 is 2.31 bits per heavy atom. The van der Waals surface area contributed by atoms with Gasteiger partial charge in [0.1, 0.15) is 0 Å². The highest BCUT2D eigenvalue weighted by Crippen LogP contribution is 2.21. The molecule has 0 aliphatic carbocycles. The van der Waals surface area contributed by atoms with E-state index in [1.165, 1.54) is 5.69 Å². The third-order valence-corrected chi connectivity index (χ3v) is 3.08. The molecule has 0 fully saturated rings. The van der Waals surface area contributed by atoms with Crippen LogP contribution in [0.1, 0.15) is 18.3 Å². The number of nitrogens with zero attached hydrogens (tertiary/aromatic N) is 2. The topological polar surface area (TPSA) is 55.9 Å². The lowest BCUT2D eigenvalue weighted by Gasteiger charge is -2.09. The third kappa shape index (κ3) is 2.30. The second-order valence-corrected chi connectivity index (χ2v) is 4.03. The van der Waals surface area contributed by atoms with Gasteiger partial charge in [0, 0.05) is 19.5 Å². The smallest absolute Gasteiger partial charge is 0.0738 e. The molecule has 0 saturated heterocycles. The van der Waals surface area contributed by atoms with Gasteiger partial charge in [-0.15, -0.1) is 0 Å². The van der Waals surface area contributed by atoms with Gasteiger partial charge in [-0.25, -0.2) is 0 Å². The molecule has 74 valence electrons.